The van der Waals surface area contributed by atoms with Crippen molar-refractivity contribution in [3.8, 4) is 5.75 Å². The third-order valence-corrected chi connectivity index (χ3v) is 5.03. The van der Waals surface area contributed by atoms with Crippen molar-refractivity contribution in [2.75, 3.05) is 6.26 Å². The quantitative estimate of drug-likeness (QED) is 0.655. The molecule has 27 heavy (non-hydrogen) atoms. The third-order valence-electron chi connectivity index (χ3n) is 4.28. The van der Waals surface area contributed by atoms with Gasteiger partial charge in [-0.3, -0.25) is 0 Å². The number of carbonyl (C=O) groups is 1. The summed E-state index contributed by atoms with van der Waals surface area (Å²) < 4.78 is 5.72. The highest BCUT2D eigenvalue weighted by atomic mass is 32.2. The van der Waals surface area contributed by atoms with Crippen molar-refractivity contribution in [3.05, 3.63) is 64.7 Å². The number of ether oxygens (including phenoxy) is 1. The number of thioether (sulfide) groups is 1. The molecule has 0 bridgehead atoms. The molecular weight excluding hydrogens is 360 g/mol. The zero-order valence-corrected chi connectivity index (χ0v) is 17.1. The second-order valence-corrected chi connectivity index (χ2v) is 7.86. The third kappa shape index (κ3) is 5.37. The number of benzene rings is 2. The van der Waals surface area contributed by atoms with Crippen molar-refractivity contribution in [1.82, 2.24) is 0 Å². The number of aliphatic hydroxyl groups is 1. The first-order chi connectivity index (χ1) is 12.6. The fourth-order valence-corrected chi connectivity index (χ4v) is 3.06. The molecule has 0 aliphatic rings. The van der Waals surface area contributed by atoms with Gasteiger partial charge in [-0.2, -0.15) is 0 Å². The molecule has 2 N–H and O–H groups in total. The highest BCUT2D eigenvalue weighted by Gasteiger charge is 2.30. The molecular formula is C22H26O4S. The Hall–Kier alpha value is -2.24. The zero-order chi connectivity index (χ0) is 20.2. The van der Waals surface area contributed by atoms with Crippen LogP contribution in [-0.2, 0) is 4.79 Å². The fourth-order valence-electron chi connectivity index (χ4n) is 2.65. The smallest absolute Gasteiger partial charge is 0.347 e. The molecule has 0 heterocycles. The fraction of sp³-hybridized carbons (Fsp3) is 0.318. The lowest BCUT2D eigenvalue weighted by Gasteiger charge is -2.24. The van der Waals surface area contributed by atoms with E-state index < -0.39 is 17.7 Å². The Bertz CT molecular complexity index is 815. The molecule has 0 saturated carbocycles. The van der Waals surface area contributed by atoms with Gasteiger partial charge in [-0.25, -0.2) is 4.79 Å². The minimum Gasteiger partial charge on any atom is -0.478 e. The largest absolute Gasteiger partial charge is 0.478 e. The lowest BCUT2D eigenvalue weighted by molar-refractivity contribution is -0.152. The molecule has 0 aromatic heterocycles. The van der Waals surface area contributed by atoms with Crippen LogP contribution in [-0.4, -0.2) is 28.0 Å². The summed E-state index contributed by atoms with van der Waals surface area (Å²) in [6, 6.07) is 11.6. The molecule has 2 rings (SSSR count). The van der Waals surface area contributed by atoms with Crippen LogP contribution in [0.25, 0.3) is 6.08 Å². The van der Waals surface area contributed by atoms with Crippen molar-refractivity contribution < 1.29 is 19.7 Å². The second kappa shape index (κ2) is 8.63. The summed E-state index contributed by atoms with van der Waals surface area (Å²) in [5.74, 6) is -0.436. The Morgan fingerprint density at radius 1 is 1.15 bits per heavy atom. The first-order valence-corrected chi connectivity index (χ1v) is 9.90. The Labute approximate surface area is 164 Å². The van der Waals surface area contributed by atoms with E-state index in [0.29, 0.717) is 5.75 Å². The van der Waals surface area contributed by atoms with Crippen LogP contribution in [0.2, 0.25) is 0 Å². The van der Waals surface area contributed by atoms with Crippen molar-refractivity contribution in [1.29, 1.82) is 0 Å². The van der Waals surface area contributed by atoms with E-state index in [9.17, 15) is 15.0 Å². The van der Waals surface area contributed by atoms with E-state index in [2.05, 4.69) is 0 Å². The summed E-state index contributed by atoms with van der Waals surface area (Å²) in [4.78, 5) is 12.5. The molecule has 5 heteroatoms. The van der Waals surface area contributed by atoms with E-state index in [1.54, 1.807) is 17.8 Å². The summed E-state index contributed by atoms with van der Waals surface area (Å²) in [7, 11) is 0. The maximum absolute atomic E-state index is 11.3. The van der Waals surface area contributed by atoms with Crippen LogP contribution in [0.3, 0.4) is 0 Å². The van der Waals surface area contributed by atoms with Crippen LogP contribution in [0.1, 0.15) is 42.2 Å². The van der Waals surface area contributed by atoms with E-state index in [0.717, 1.165) is 27.1 Å². The molecule has 2 aromatic carbocycles. The highest BCUT2D eigenvalue weighted by Crippen LogP contribution is 2.29. The summed E-state index contributed by atoms with van der Waals surface area (Å²) in [5, 5.41) is 19.6. The molecule has 0 aliphatic heterocycles. The number of hydrogen-bond acceptors (Lipinski definition) is 4. The van der Waals surface area contributed by atoms with Gasteiger partial charge in [-0.1, -0.05) is 24.3 Å². The van der Waals surface area contributed by atoms with Crippen molar-refractivity contribution in [2.45, 2.75) is 44.3 Å². The maximum Gasteiger partial charge on any atom is 0.347 e. The molecule has 144 valence electrons. The van der Waals surface area contributed by atoms with Crippen LogP contribution in [0.5, 0.6) is 5.75 Å². The van der Waals surface area contributed by atoms with Crippen molar-refractivity contribution in [3.63, 3.8) is 0 Å². The Morgan fingerprint density at radius 3 is 2.19 bits per heavy atom. The van der Waals surface area contributed by atoms with Gasteiger partial charge in [0.1, 0.15) is 5.75 Å². The molecule has 1 atom stereocenters. The number of aryl methyl sites for hydroxylation is 2. The van der Waals surface area contributed by atoms with Gasteiger partial charge in [0.05, 0.1) is 6.10 Å². The lowest BCUT2D eigenvalue weighted by Crippen LogP contribution is -2.38. The monoisotopic (exact) mass is 386 g/mol. The number of aliphatic hydroxyl groups excluding tert-OH is 1. The Kier molecular flexibility index (Phi) is 6.73. The molecule has 0 fully saturated rings. The van der Waals surface area contributed by atoms with Crippen LogP contribution in [0, 0.1) is 13.8 Å². The first kappa shape index (κ1) is 21.1. The van der Waals surface area contributed by atoms with E-state index in [4.69, 9.17) is 4.74 Å². The van der Waals surface area contributed by atoms with E-state index in [1.165, 1.54) is 13.8 Å². The minimum atomic E-state index is -1.30. The predicted molar refractivity (Wildman–Crippen MR) is 110 cm³/mol. The van der Waals surface area contributed by atoms with Crippen LogP contribution >= 0.6 is 11.8 Å². The number of carboxylic acid groups (broad SMARTS) is 1. The van der Waals surface area contributed by atoms with Gasteiger partial charge in [0.2, 0.25) is 0 Å². The second-order valence-electron chi connectivity index (χ2n) is 6.98. The van der Waals surface area contributed by atoms with E-state index in [1.807, 2.05) is 62.6 Å². The van der Waals surface area contributed by atoms with Crippen LogP contribution in [0.15, 0.2) is 47.4 Å². The topological polar surface area (TPSA) is 66.8 Å². The Balaban J connectivity index is 2.19. The number of carboxylic acids is 1. The Morgan fingerprint density at radius 2 is 1.70 bits per heavy atom. The zero-order valence-electron chi connectivity index (χ0n) is 16.3. The lowest BCUT2D eigenvalue weighted by atomic mass is 10.0. The van der Waals surface area contributed by atoms with Gasteiger partial charge < -0.3 is 14.9 Å². The van der Waals surface area contributed by atoms with Gasteiger partial charge in [-0.05, 0) is 80.5 Å². The van der Waals surface area contributed by atoms with Gasteiger partial charge >= 0.3 is 5.97 Å². The van der Waals surface area contributed by atoms with Crippen LogP contribution < -0.4 is 4.74 Å². The standard InChI is InChI=1S/C22H26O4S/c1-14-12-16(13-15(2)20(14)26-22(3,4)21(24)25)6-11-19(23)17-7-9-18(27-5)10-8-17/h6-13,19,23H,1-5H3,(H,24,25)/b11-6-. The molecule has 0 aliphatic carbocycles. The van der Waals surface area contributed by atoms with Crippen molar-refractivity contribution in [2.24, 2.45) is 0 Å². The van der Waals surface area contributed by atoms with Crippen molar-refractivity contribution >= 4 is 23.8 Å². The van der Waals surface area contributed by atoms with Crippen LogP contribution in [0.4, 0.5) is 0 Å². The van der Waals surface area contributed by atoms with Gasteiger partial charge in [0, 0.05) is 4.90 Å². The summed E-state index contributed by atoms with van der Waals surface area (Å²) in [6.45, 7) is 6.83. The molecule has 0 saturated heterocycles. The highest BCUT2D eigenvalue weighted by molar-refractivity contribution is 7.98. The maximum atomic E-state index is 11.3. The van der Waals surface area contributed by atoms with E-state index >= 15 is 0 Å². The molecule has 0 amide bonds. The van der Waals surface area contributed by atoms with Gasteiger partial charge in [0.15, 0.2) is 5.60 Å². The number of rotatable bonds is 7. The molecule has 0 spiro atoms. The number of aliphatic carboxylic acids is 1. The summed E-state index contributed by atoms with van der Waals surface area (Å²) in [5.41, 5.74) is 2.16. The molecule has 0 radical (unpaired) electrons. The normalized spacial score (nSPS) is 13.0. The molecule has 2 aromatic rings. The average molecular weight is 387 g/mol. The van der Waals surface area contributed by atoms with E-state index in [-0.39, 0.29) is 0 Å². The molecule has 1 unspecified atom stereocenters. The number of hydrogen-bond donors (Lipinski definition) is 2. The summed E-state index contributed by atoms with van der Waals surface area (Å²) in [6.07, 6.45) is 4.92. The van der Waals surface area contributed by atoms with Gasteiger partial charge in [0.25, 0.3) is 0 Å². The first-order valence-electron chi connectivity index (χ1n) is 8.68. The average Bonchev–Trinajstić information content (AvgIpc) is 2.62. The SMILES string of the molecule is CSc1ccc(C(O)/C=C\c2cc(C)c(OC(C)(C)C(=O)O)c(C)c2)cc1. The van der Waals surface area contributed by atoms with Gasteiger partial charge in [-0.15, -0.1) is 11.8 Å². The summed E-state index contributed by atoms with van der Waals surface area (Å²) >= 11 is 1.66. The molecule has 4 nitrogen and oxygen atoms in total. The predicted octanol–water partition coefficient (Wildman–Crippen LogP) is 5.01. The minimum absolute atomic E-state index is 0.577.